The molecule has 0 fully saturated rings. The summed E-state index contributed by atoms with van der Waals surface area (Å²) in [5.74, 6) is -4.18. The van der Waals surface area contributed by atoms with E-state index in [4.69, 9.17) is 5.11 Å². The first kappa shape index (κ1) is 14.9. The summed E-state index contributed by atoms with van der Waals surface area (Å²) < 4.78 is 61.9. The van der Waals surface area contributed by atoms with Crippen LogP contribution in [0.4, 0.5) is 22.0 Å². The Morgan fingerprint density at radius 2 is 1.56 bits per heavy atom. The second kappa shape index (κ2) is 4.84. The van der Waals surface area contributed by atoms with Crippen LogP contribution in [0.15, 0.2) is 12.1 Å². The monoisotopic (exact) mass is 263 g/mol. The maximum atomic E-state index is 12.9. The Morgan fingerprint density at radius 1 is 1.12 bits per heavy atom. The van der Waals surface area contributed by atoms with Crippen LogP contribution in [-0.2, 0) is 0 Å². The summed E-state index contributed by atoms with van der Waals surface area (Å²) in [6, 6.07) is -1.78. The van der Waals surface area contributed by atoms with E-state index >= 15 is 0 Å². The number of benzene rings is 1. The van der Waals surface area contributed by atoms with Gasteiger partial charge in [-0.05, 0) is 12.1 Å². The second-order valence-electron chi connectivity index (χ2n) is 2.81. The third-order valence-corrected chi connectivity index (χ3v) is 1.78. The molecule has 0 aliphatic carbocycles. The predicted octanol–water partition coefficient (Wildman–Crippen LogP) is 2.65. The zero-order chi connectivity index (χ0) is 11.8. The highest BCUT2D eigenvalue weighted by molar-refractivity contribution is 5.85. The van der Waals surface area contributed by atoms with Gasteiger partial charge in [-0.2, -0.15) is 13.2 Å². The van der Waals surface area contributed by atoms with Crippen LogP contribution in [0.2, 0.25) is 0 Å². The zero-order valence-corrected chi connectivity index (χ0v) is 8.37. The first-order chi connectivity index (χ1) is 6.75. The third-order valence-electron chi connectivity index (χ3n) is 1.78. The summed E-state index contributed by atoms with van der Waals surface area (Å²) in [7, 11) is 0. The van der Waals surface area contributed by atoms with Crippen molar-refractivity contribution in [3.05, 3.63) is 29.3 Å². The van der Waals surface area contributed by atoms with Crippen LogP contribution in [0.3, 0.4) is 0 Å². The van der Waals surface area contributed by atoms with Crippen LogP contribution in [0, 0.1) is 11.6 Å². The van der Waals surface area contributed by atoms with Gasteiger partial charge in [-0.1, -0.05) is 0 Å². The van der Waals surface area contributed by atoms with Crippen molar-refractivity contribution >= 4 is 12.4 Å². The lowest BCUT2D eigenvalue weighted by atomic mass is 10.1. The van der Waals surface area contributed by atoms with Crippen molar-refractivity contribution in [2.45, 2.75) is 12.2 Å². The summed E-state index contributed by atoms with van der Waals surface area (Å²) in [5.41, 5.74) is 3.36. The van der Waals surface area contributed by atoms with E-state index in [1.54, 1.807) is 0 Å². The maximum absolute atomic E-state index is 12.9. The van der Waals surface area contributed by atoms with Crippen LogP contribution in [-0.4, -0.2) is 11.3 Å². The third kappa shape index (κ3) is 2.73. The fourth-order valence-electron chi connectivity index (χ4n) is 1.02. The molecular formula is C8H7ClF5NO. The van der Waals surface area contributed by atoms with Crippen molar-refractivity contribution in [2.75, 3.05) is 0 Å². The van der Waals surface area contributed by atoms with Gasteiger partial charge >= 0.3 is 6.18 Å². The van der Waals surface area contributed by atoms with Crippen LogP contribution in [0.25, 0.3) is 0 Å². The van der Waals surface area contributed by atoms with Gasteiger partial charge in [0.1, 0.15) is 11.9 Å². The molecule has 0 bridgehead atoms. The highest BCUT2D eigenvalue weighted by Gasteiger charge is 2.41. The number of hydrogen-bond acceptors (Lipinski definition) is 2. The van der Waals surface area contributed by atoms with E-state index in [9.17, 15) is 22.0 Å². The molecule has 0 radical (unpaired) electrons. The van der Waals surface area contributed by atoms with E-state index in [-0.39, 0.29) is 12.4 Å². The number of phenolic OH excluding ortho intramolecular Hbond substituents is 1. The van der Waals surface area contributed by atoms with Gasteiger partial charge in [-0.25, -0.2) is 8.78 Å². The number of phenols is 1. The largest absolute Gasteiger partial charge is 0.505 e. The van der Waals surface area contributed by atoms with Crippen molar-refractivity contribution in [3.8, 4) is 5.75 Å². The highest BCUT2D eigenvalue weighted by Crippen LogP contribution is 2.37. The number of hydrogen-bond donors (Lipinski definition) is 2. The summed E-state index contributed by atoms with van der Waals surface area (Å²) in [4.78, 5) is 0. The number of nitrogens with two attached hydrogens (primary N) is 1. The molecule has 1 rings (SSSR count). The van der Waals surface area contributed by atoms with Crippen molar-refractivity contribution in [1.29, 1.82) is 0 Å². The van der Waals surface area contributed by atoms with Crippen LogP contribution in [0.5, 0.6) is 5.75 Å². The van der Waals surface area contributed by atoms with Gasteiger partial charge in [0.15, 0.2) is 11.6 Å². The summed E-state index contributed by atoms with van der Waals surface area (Å²) >= 11 is 0. The maximum Gasteiger partial charge on any atom is 0.407 e. The molecule has 1 aromatic rings. The Morgan fingerprint density at radius 3 is 2.00 bits per heavy atom. The molecule has 0 spiro atoms. The smallest absolute Gasteiger partial charge is 0.407 e. The Balaban J connectivity index is 0.00000225. The molecule has 3 N–H and O–H groups in total. The first-order valence-corrected chi connectivity index (χ1v) is 3.74. The molecule has 0 amide bonds. The average molecular weight is 264 g/mol. The molecule has 2 nitrogen and oxygen atoms in total. The minimum Gasteiger partial charge on any atom is -0.505 e. The van der Waals surface area contributed by atoms with Crippen molar-refractivity contribution in [1.82, 2.24) is 0 Å². The Hall–Kier alpha value is -1.08. The quantitative estimate of drug-likeness (QED) is 0.765. The number of halogens is 6. The molecular weight excluding hydrogens is 257 g/mol. The van der Waals surface area contributed by atoms with Crippen LogP contribution in [0.1, 0.15) is 11.6 Å². The van der Waals surface area contributed by atoms with E-state index in [0.29, 0.717) is 12.1 Å². The normalized spacial score (nSPS) is 13.1. The van der Waals surface area contributed by atoms with Crippen molar-refractivity contribution in [3.63, 3.8) is 0 Å². The molecule has 0 heterocycles. The van der Waals surface area contributed by atoms with Crippen molar-refractivity contribution in [2.24, 2.45) is 5.73 Å². The predicted molar refractivity (Wildman–Crippen MR) is 48.3 cm³/mol. The van der Waals surface area contributed by atoms with Gasteiger partial charge in [0.2, 0.25) is 0 Å². The van der Waals surface area contributed by atoms with Gasteiger partial charge in [-0.3, -0.25) is 0 Å². The Kier molecular flexibility index (Phi) is 4.51. The van der Waals surface area contributed by atoms with Crippen molar-refractivity contribution < 1.29 is 27.1 Å². The van der Waals surface area contributed by atoms with E-state index in [0.717, 1.165) is 0 Å². The lowest BCUT2D eigenvalue weighted by molar-refractivity contribution is -0.150. The lowest BCUT2D eigenvalue weighted by Gasteiger charge is -2.17. The van der Waals surface area contributed by atoms with Gasteiger partial charge < -0.3 is 10.8 Å². The molecule has 92 valence electrons. The molecule has 0 unspecified atom stereocenters. The molecule has 0 aliphatic heterocycles. The summed E-state index contributed by atoms with van der Waals surface area (Å²) in [5, 5.41) is 8.92. The number of alkyl halides is 3. The van der Waals surface area contributed by atoms with Crippen LogP contribution < -0.4 is 5.73 Å². The number of aromatic hydroxyl groups is 1. The van der Waals surface area contributed by atoms with Gasteiger partial charge in [0, 0.05) is 0 Å². The average Bonchev–Trinajstić information content (AvgIpc) is 2.10. The standard InChI is InChI=1S/C8H6F5NO.ClH/c9-3-1-2-4(10)6(15)5(3)7(14)8(11,12)13;/h1-2,7,15H,14H2;1H/t7-;/m0./s1. The molecule has 0 aliphatic rings. The molecule has 0 saturated heterocycles. The van der Waals surface area contributed by atoms with E-state index < -0.39 is 35.2 Å². The minimum absolute atomic E-state index is 0. The topological polar surface area (TPSA) is 46.2 Å². The minimum atomic E-state index is -4.95. The van der Waals surface area contributed by atoms with Gasteiger partial charge in [0.05, 0.1) is 5.56 Å². The highest BCUT2D eigenvalue weighted by atomic mass is 35.5. The molecule has 0 aromatic heterocycles. The van der Waals surface area contributed by atoms with Gasteiger partial charge in [0.25, 0.3) is 0 Å². The fraction of sp³-hybridized carbons (Fsp3) is 0.250. The van der Waals surface area contributed by atoms with E-state index in [1.165, 1.54) is 0 Å². The zero-order valence-electron chi connectivity index (χ0n) is 7.55. The fourth-order valence-corrected chi connectivity index (χ4v) is 1.02. The summed E-state index contributed by atoms with van der Waals surface area (Å²) in [6.07, 6.45) is -4.95. The first-order valence-electron chi connectivity index (χ1n) is 3.74. The molecule has 8 heteroatoms. The summed E-state index contributed by atoms with van der Waals surface area (Å²) in [6.45, 7) is 0. The second-order valence-corrected chi connectivity index (χ2v) is 2.81. The van der Waals surface area contributed by atoms with Crippen LogP contribution >= 0.6 is 12.4 Å². The Labute approximate surface area is 93.3 Å². The van der Waals surface area contributed by atoms with Gasteiger partial charge in [-0.15, -0.1) is 12.4 Å². The number of rotatable bonds is 1. The molecule has 0 saturated carbocycles. The SMILES string of the molecule is Cl.N[C@@H](c1c(F)ccc(F)c1O)C(F)(F)F. The molecule has 16 heavy (non-hydrogen) atoms. The molecule has 1 atom stereocenters. The Bertz CT molecular complexity index is 381. The van der Waals surface area contributed by atoms with E-state index in [2.05, 4.69) is 5.73 Å². The molecule has 1 aromatic carbocycles. The lowest BCUT2D eigenvalue weighted by Crippen LogP contribution is -2.29. The van der Waals surface area contributed by atoms with E-state index in [1.807, 2.05) is 0 Å².